The van der Waals surface area contributed by atoms with Crippen molar-refractivity contribution in [1.82, 2.24) is 20.9 Å². The summed E-state index contributed by atoms with van der Waals surface area (Å²) in [5.41, 5.74) is -0.702. The van der Waals surface area contributed by atoms with Crippen LogP contribution < -0.4 is 16.0 Å². The lowest BCUT2D eigenvalue weighted by Gasteiger charge is -2.39. The molecule has 10 heteroatoms. The van der Waals surface area contributed by atoms with Gasteiger partial charge in [-0.05, 0) is 50.8 Å². The Morgan fingerprint density at radius 1 is 1.31 bits per heavy atom. The number of aliphatic imine (C=N–C) groups is 1. The van der Waals surface area contributed by atoms with E-state index in [9.17, 15) is 18.4 Å². The van der Waals surface area contributed by atoms with Crippen molar-refractivity contribution < 1.29 is 18.4 Å². The number of nitrogens with zero attached hydrogens (tertiary/aromatic N) is 2. The number of guanidine groups is 1. The van der Waals surface area contributed by atoms with E-state index in [1.807, 2.05) is 11.8 Å². The highest BCUT2D eigenvalue weighted by Gasteiger charge is 2.48. The lowest BCUT2D eigenvalue weighted by atomic mass is 9.79. The Labute approximate surface area is 185 Å². The molecule has 2 aliphatic rings. The van der Waals surface area contributed by atoms with E-state index in [1.165, 1.54) is 0 Å². The number of likely N-dealkylation sites (tertiary alicyclic amines) is 1. The Hall–Kier alpha value is -1.98. The van der Waals surface area contributed by atoms with Crippen LogP contribution >= 0.6 is 24.0 Å². The van der Waals surface area contributed by atoms with Crippen molar-refractivity contribution in [2.45, 2.75) is 38.8 Å². The molecule has 2 saturated heterocycles. The van der Waals surface area contributed by atoms with Crippen LogP contribution in [0.3, 0.4) is 0 Å². The number of hydrogen-bond donors (Lipinski definition) is 3. The third-order valence-corrected chi connectivity index (χ3v) is 5.42. The summed E-state index contributed by atoms with van der Waals surface area (Å²) in [6.45, 7) is 5.63. The minimum absolute atomic E-state index is 0. The summed E-state index contributed by atoms with van der Waals surface area (Å²) in [6, 6.07) is 2.87. The number of hydrogen-bond acceptors (Lipinski definition) is 3. The number of halogens is 3. The number of amides is 3. The molecular weight excluding hydrogens is 495 g/mol. The topological polar surface area (TPSA) is 85.8 Å². The molecule has 0 saturated carbocycles. The largest absolute Gasteiger partial charge is 0.357 e. The molecule has 0 bridgehead atoms. The first-order chi connectivity index (χ1) is 13.3. The fraction of sp³-hybridized carbons (Fsp3) is 0.526. The molecule has 7 nitrogen and oxygen atoms in total. The molecule has 3 rings (SSSR count). The fourth-order valence-corrected chi connectivity index (χ4v) is 3.76. The second-order valence-electron chi connectivity index (χ2n) is 7.28. The molecule has 1 unspecified atom stereocenters. The molecule has 2 aliphatic heterocycles. The van der Waals surface area contributed by atoms with Crippen LogP contribution in [0.5, 0.6) is 0 Å². The molecular formula is C19H26F2IN5O2. The maximum atomic E-state index is 13.8. The van der Waals surface area contributed by atoms with Gasteiger partial charge in [-0.15, -0.1) is 24.0 Å². The van der Waals surface area contributed by atoms with E-state index < -0.39 is 23.2 Å². The first kappa shape index (κ1) is 23.3. The normalized spacial score (nSPS) is 22.8. The summed E-state index contributed by atoms with van der Waals surface area (Å²) in [6.07, 6.45) is 1.39. The van der Waals surface area contributed by atoms with Crippen molar-refractivity contribution in [3.05, 3.63) is 35.4 Å². The number of nitrogens with one attached hydrogen (secondary N) is 3. The second-order valence-corrected chi connectivity index (χ2v) is 7.28. The number of piperidine rings is 1. The van der Waals surface area contributed by atoms with E-state index in [2.05, 4.69) is 20.9 Å². The van der Waals surface area contributed by atoms with Gasteiger partial charge in [0, 0.05) is 25.2 Å². The van der Waals surface area contributed by atoms with E-state index in [0.717, 1.165) is 18.2 Å². The number of carbonyl (C=O) groups is 2. The van der Waals surface area contributed by atoms with E-state index >= 15 is 0 Å². The van der Waals surface area contributed by atoms with Crippen molar-refractivity contribution in [1.29, 1.82) is 0 Å². The van der Waals surface area contributed by atoms with Gasteiger partial charge in [0.05, 0.1) is 6.54 Å². The van der Waals surface area contributed by atoms with Crippen LogP contribution in [-0.4, -0.2) is 48.0 Å². The van der Waals surface area contributed by atoms with Crippen LogP contribution in [0.4, 0.5) is 13.6 Å². The van der Waals surface area contributed by atoms with Gasteiger partial charge in [0.1, 0.15) is 17.2 Å². The van der Waals surface area contributed by atoms with Gasteiger partial charge in [0.25, 0.3) is 5.91 Å². The molecule has 2 fully saturated rings. The van der Waals surface area contributed by atoms with Crippen molar-refractivity contribution in [3.8, 4) is 0 Å². The van der Waals surface area contributed by atoms with Crippen LogP contribution in [-0.2, 0) is 11.3 Å². The van der Waals surface area contributed by atoms with Crippen LogP contribution in [0.2, 0.25) is 0 Å². The van der Waals surface area contributed by atoms with E-state index in [0.29, 0.717) is 38.4 Å². The van der Waals surface area contributed by atoms with E-state index in [1.54, 1.807) is 6.92 Å². The molecule has 160 valence electrons. The predicted molar refractivity (Wildman–Crippen MR) is 116 cm³/mol. The highest BCUT2D eigenvalue weighted by Crippen LogP contribution is 2.30. The molecule has 1 aromatic rings. The molecule has 0 aliphatic carbocycles. The zero-order valence-electron chi connectivity index (χ0n) is 16.4. The average Bonchev–Trinajstić information content (AvgIpc) is 2.94. The summed E-state index contributed by atoms with van der Waals surface area (Å²) >= 11 is 0. The summed E-state index contributed by atoms with van der Waals surface area (Å²) in [4.78, 5) is 30.1. The van der Waals surface area contributed by atoms with Crippen LogP contribution in [0.1, 0.15) is 32.3 Å². The molecule has 3 N–H and O–H groups in total. The van der Waals surface area contributed by atoms with Gasteiger partial charge in [-0.3, -0.25) is 10.1 Å². The summed E-state index contributed by atoms with van der Waals surface area (Å²) in [5.74, 6) is -0.648. The highest BCUT2D eigenvalue weighted by atomic mass is 127. The maximum absolute atomic E-state index is 13.8. The van der Waals surface area contributed by atoms with Crippen molar-refractivity contribution in [2.75, 3.05) is 19.6 Å². The Morgan fingerprint density at radius 2 is 2.00 bits per heavy atom. The maximum Gasteiger partial charge on any atom is 0.322 e. The van der Waals surface area contributed by atoms with Gasteiger partial charge in [-0.25, -0.2) is 18.6 Å². The third-order valence-electron chi connectivity index (χ3n) is 5.42. The second kappa shape index (κ2) is 9.68. The van der Waals surface area contributed by atoms with E-state index in [4.69, 9.17) is 0 Å². The number of imide groups is 1. The minimum atomic E-state index is -0.899. The zero-order chi connectivity index (χ0) is 20.3. The van der Waals surface area contributed by atoms with Gasteiger partial charge in [0.15, 0.2) is 5.96 Å². The fourth-order valence-electron chi connectivity index (χ4n) is 3.76. The Kier molecular flexibility index (Phi) is 7.78. The van der Waals surface area contributed by atoms with Gasteiger partial charge >= 0.3 is 6.03 Å². The summed E-state index contributed by atoms with van der Waals surface area (Å²) < 4.78 is 27.2. The quantitative estimate of drug-likeness (QED) is 0.246. The lowest BCUT2D eigenvalue weighted by Crippen LogP contribution is -2.55. The van der Waals surface area contributed by atoms with Crippen LogP contribution in [0, 0.1) is 17.6 Å². The van der Waals surface area contributed by atoms with Crippen LogP contribution in [0.15, 0.2) is 23.2 Å². The Morgan fingerprint density at radius 3 is 2.59 bits per heavy atom. The molecule has 0 radical (unpaired) electrons. The van der Waals surface area contributed by atoms with Crippen LogP contribution in [0.25, 0.3) is 0 Å². The molecule has 2 heterocycles. The molecule has 0 aromatic heterocycles. The molecule has 3 amide bonds. The van der Waals surface area contributed by atoms with Crippen molar-refractivity contribution in [3.63, 3.8) is 0 Å². The molecule has 1 aromatic carbocycles. The van der Waals surface area contributed by atoms with Gasteiger partial charge in [-0.2, -0.15) is 0 Å². The van der Waals surface area contributed by atoms with Crippen molar-refractivity contribution in [2.24, 2.45) is 10.9 Å². The smallest absolute Gasteiger partial charge is 0.322 e. The molecule has 0 spiro atoms. The highest BCUT2D eigenvalue weighted by molar-refractivity contribution is 14.0. The van der Waals surface area contributed by atoms with Gasteiger partial charge in [0.2, 0.25) is 0 Å². The number of urea groups is 1. The Bertz CT molecular complexity index is 799. The average molecular weight is 521 g/mol. The van der Waals surface area contributed by atoms with Gasteiger partial charge in [-0.1, -0.05) is 0 Å². The monoisotopic (exact) mass is 521 g/mol. The molecule has 1 atom stereocenters. The predicted octanol–water partition coefficient (Wildman–Crippen LogP) is 2.36. The number of carbonyl (C=O) groups excluding carboxylic acids is 2. The first-order valence-electron chi connectivity index (χ1n) is 9.44. The number of benzene rings is 1. The molecule has 29 heavy (non-hydrogen) atoms. The Balaban J connectivity index is 0.00000300. The summed E-state index contributed by atoms with van der Waals surface area (Å²) in [5, 5.41) is 8.22. The SMILES string of the molecule is CCNC(=NCc1cc(F)ccc1F)N1CCC(C2(C)NC(=O)NC2=O)CC1.I. The summed E-state index contributed by atoms with van der Waals surface area (Å²) in [7, 11) is 0. The minimum Gasteiger partial charge on any atom is -0.357 e. The third kappa shape index (κ3) is 5.14. The van der Waals surface area contributed by atoms with Gasteiger partial charge < -0.3 is 15.5 Å². The first-order valence-corrected chi connectivity index (χ1v) is 9.44. The zero-order valence-corrected chi connectivity index (χ0v) is 18.8. The van der Waals surface area contributed by atoms with E-state index in [-0.39, 0.29) is 47.9 Å². The van der Waals surface area contributed by atoms with Crippen molar-refractivity contribution >= 4 is 41.9 Å². The number of rotatable bonds is 4. The lowest BCUT2D eigenvalue weighted by molar-refractivity contribution is -0.125. The standard InChI is InChI=1S/C19H25F2N5O2.HI/c1-3-22-17(23-11-12-10-14(20)4-5-15(12)21)26-8-6-13(7-9-26)19(2)16(27)24-18(28)25-19;/h4-5,10,13H,3,6-9,11H2,1-2H3,(H,22,23)(H2,24,25,27,28);1H.